The second-order valence-electron chi connectivity index (χ2n) is 10.8. The van der Waals surface area contributed by atoms with E-state index in [4.69, 9.17) is 16.6 Å². The number of aromatic nitrogens is 2. The molecule has 2 saturated carbocycles. The average molecular weight is 498 g/mol. The first-order valence-corrected chi connectivity index (χ1v) is 13.4. The van der Waals surface area contributed by atoms with Crippen LogP contribution in [0.2, 0.25) is 5.02 Å². The smallest absolute Gasteiger partial charge is 0.256 e. The minimum Gasteiger partial charge on any atom is -0.392 e. The number of anilines is 2. The average Bonchev–Trinajstić information content (AvgIpc) is 3.63. The molecule has 2 aromatic rings. The summed E-state index contributed by atoms with van der Waals surface area (Å²) in [6.07, 6.45) is 11.1. The third kappa shape index (κ3) is 5.72. The molecule has 0 bridgehead atoms. The van der Waals surface area contributed by atoms with Crippen molar-refractivity contribution in [2.45, 2.75) is 77.5 Å². The van der Waals surface area contributed by atoms with Gasteiger partial charge in [-0.05, 0) is 79.9 Å². The molecule has 7 nitrogen and oxygen atoms in total. The zero-order valence-corrected chi connectivity index (χ0v) is 21.3. The van der Waals surface area contributed by atoms with Gasteiger partial charge in [0.1, 0.15) is 11.4 Å². The number of amides is 1. The Morgan fingerprint density at radius 3 is 2.57 bits per heavy atom. The molecule has 1 aromatic carbocycles. The van der Waals surface area contributed by atoms with Crippen LogP contribution in [0.1, 0.15) is 79.8 Å². The first-order valence-electron chi connectivity index (χ1n) is 13.0. The van der Waals surface area contributed by atoms with Crippen LogP contribution in [0.4, 0.5) is 11.8 Å². The molecule has 1 amide bonds. The molecule has 3 N–H and O–H groups in total. The maximum absolute atomic E-state index is 13.3. The van der Waals surface area contributed by atoms with Gasteiger partial charge in [-0.15, -0.1) is 0 Å². The van der Waals surface area contributed by atoms with Crippen molar-refractivity contribution < 1.29 is 9.90 Å². The highest BCUT2D eigenvalue weighted by molar-refractivity contribution is 6.31. The minimum absolute atomic E-state index is 0.0941. The van der Waals surface area contributed by atoms with Crippen molar-refractivity contribution in [3.63, 3.8) is 0 Å². The normalized spacial score (nSPS) is 23.2. The van der Waals surface area contributed by atoms with Crippen molar-refractivity contribution in [3.8, 4) is 0 Å². The summed E-state index contributed by atoms with van der Waals surface area (Å²) in [5.74, 6) is 1.83. The Kier molecular flexibility index (Phi) is 7.17. The van der Waals surface area contributed by atoms with E-state index in [2.05, 4.69) is 27.4 Å². The molecule has 1 spiro atoms. The highest BCUT2D eigenvalue weighted by atomic mass is 35.5. The van der Waals surface area contributed by atoms with Crippen molar-refractivity contribution in [3.05, 3.63) is 46.1 Å². The van der Waals surface area contributed by atoms with Crippen LogP contribution in [-0.2, 0) is 13.2 Å². The molecular formula is C27H36ClN5O2. The van der Waals surface area contributed by atoms with E-state index in [1.165, 1.54) is 25.7 Å². The van der Waals surface area contributed by atoms with Gasteiger partial charge in [-0.3, -0.25) is 4.79 Å². The number of aliphatic hydroxyl groups is 1. The highest BCUT2D eigenvalue weighted by Crippen LogP contribution is 2.53. The molecule has 2 aliphatic carbocycles. The van der Waals surface area contributed by atoms with Crippen LogP contribution in [-0.4, -0.2) is 40.1 Å². The number of hydrogen-bond donors (Lipinski definition) is 3. The summed E-state index contributed by atoms with van der Waals surface area (Å²) in [6.45, 7) is 4.57. The van der Waals surface area contributed by atoms with E-state index in [9.17, 15) is 9.90 Å². The van der Waals surface area contributed by atoms with Crippen LogP contribution < -0.4 is 15.5 Å². The molecule has 188 valence electrons. The van der Waals surface area contributed by atoms with Crippen molar-refractivity contribution in [2.24, 2.45) is 11.3 Å². The van der Waals surface area contributed by atoms with E-state index in [1.807, 2.05) is 18.2 Å². The SMILES string of the molecule is C[C@H]1CC[C@H](NC(=O)c2cnc(N3CCC4(CC3)CC4)nc2NCc2ccc(CO)c(Cl)c2)CC1. The largest absolute Gasteiger partial charge is 0.392 e. The number of benzene rings is 1. The Morgan fingerprint density at radius 1 is 1.17 bits per heavy atom. The first-order chi connectivity index (χ1) is 16.9. The van der Waals surface area contributed by atoms with Gasteiger partial charge in [-0.25, -0.2) is 4.98 Å². The molecule has 3 fully saturated rings. The summed E-state index contributed by atoms with van der Waals surface area (Å²) >= 11 is 6.28. The van der Waals surface area contributed by atoms with E-state index in [0.717, 1.165) is 50.3 Å². The fourth-order valence-electron chi connectivity index (χ4n) is 5.37. The van der Waals surface area contributed by atoms with Crippen LogP contribution in [0.15, 0.2) is 24.4 Å². The Bertz CT molecular complexity index is 1060. The third-order valence-corrected chi connectivity index (χ3v) is 8.54. The predicted octanol–water partition coefficient (Wildman–Crippen LogP) is 4.92. The van der Waals surface area contributed by atoms with Crippen LogP contribution in [0, 0.1) is 11.3 Å². The lowest BCUT2D eigenvalue weighted by Gasteiger charge is -2.32. The predicted molar refractivity (Wildman–Crippen MR) is 139 cm³/mol. The summed E-state index contributed by atoms with van der Waals surface area (Å²) < 4.78 is 0. The maximum atomic E-state index is 13.3. The first kappa shape index (κ1) is 24.3. The van der Waals surface area contributed by atoms with Gasteiger partial charge >= 0.3 is 0 Å². The number of halogens is 1. The van der Waals surface area contributed by atoms with E-state index in [-0.39, 0.29) is 18.6 Å². The number of carbonyl (C=O) groups excluding carboxylic acids is 1. The van der Waals surface area contributed by atoms with Gasteiger partial charge < -0.3 is 20.6 Å². The van der Waals surface area contributed by atoms with Crippen molar-refractivity contribution >= 4 is 29.3 Å². The maximum Gasteiger partial charge on any atom is 0.256 e. The lowest BCUT2D eigenvalue weighted by molar-refractivity contribution is 0.0923. The zero-order chi connectivity index (χ0) is 24.4. The lowest BCUT2D eigenvalue weighted by atomic mass is 9.87. The Hall–Kier alpha value is -2.38. The number of aliphatic hydroxyl groups excluding tert-OH is 1. The number of hydrogen-bond acceptors (Lipinski definition) is 6. The van der Waals surface area contributed by atoms with Crippen LogP contribution >= 0.6 is 11.6 Å². The standard InChI is InChI=1S/C27H36ClN5O2/c1-18-2-6-21(7-3-18)31-25(35)22-16-30-26(33-12-10-27(8-9-27)11-13-33)32-24(22)29-15-19-4-5-20(17-34)23(28)14-19/h4-5,14,16,18,21,34H,2-3,6-13,15,17H2,1H3,(H,31,35)(H,29,30,32)/t18-,21-. The van der Waals surface area contributed by atoms with Gasteiger partial charge in [0.2, 0.25) is 5.95 Å². The summed E-state index contributed by atoms with van der Waals surface area (Å²) in [7, 11) is 0. The number of carbonyl (C=O) groups is 1. The van der Waals surface area contributed by atoms with Crippen molar-refractivity contribution in [2.75, 3.05) is 23.3 Å². The molecule has 1 saturated heterocycles. The minimum atomic E-state index is -0.122. The van der Waals surface area contributed by atoms with Crippen molar-refractivity contribution in [1.29, 1.82) is 0 Å². The second-order valence-corrected chi connectivity index (χ2v) is 11.2. The lowest BCUT2D eigenvalue weighted by Crippen LogP contribution is -2.38. The van der Waals surface area contributed by atoms with Crippen molar-refractivity contribution in [1.82, 2.24) is 15.3 Å². The molecule has 0 unspecified atom stereocenters. The Balaban J connectivity index is 1.33. The number of nitrogens with zero attached hydrogens (tertiary/aromatic N) is 3. The third-order valence-electron chi connectivity index (χ3n) is 8.18. The monoisotopic (exact) mass is 497 g/mol. The summed E-state index contributed by atoms with van der Waals surface area (Å²) in [5.41, 5.74) is 2.70. The molecule has 8 heteroatoms. The molecule has 3 aliphatic rings. The van der Waals surface area contributed by atoms with E-state index < -0.39 is 0 Å². The van der Waals surface area contributed by atoms with Crippen LogP contribution in [0.3, 0.4) is 0 Å². The topological polar surface area (TPSA) is 90.4 Å². The quantitative estimate of drug-likeness (QED) is 0.503. The summed E-state index contributed by atoms with van der Waals surface area (Å²) in [5, 5.41) is 16.5. The Labute approximate surface area is 212 Å². The number of nitrogens with one attached hydrogen (secondary N) is 2. The fraction of sp³-hybridized carbons (Fsp3) is 0.593. The molecule has 0 radical (unpaired) electrons. The fourth-order valence-corrected chi connectivity index (χ4v) is 5.63. The van der Waals surface area contributed by atoms with Gasteiger partial charge in [0.25, 0.3) is 5.91 Å². The Morgan fingerprint density at radius 2 is 1.91 bits per heavy atom. The van der Waals surface area contributed by atoms with E-state index in [0.29, 0.717) is 39.9 Å². The number of rotatable bonds is 7. The number of piperidine rings is 1. The van der Waals surface area contributed by atoms with Crippen LogP contribution in [0.5, 0.6) is 0 Å². The van der Waals surface area contributed by atoms with Gasteiger partial charge in [-0.1, -0.05) is 30.7 Å². The van der Waals surface area contributed by atoms with E-state index >= 15 is 0 Å². The molecule has 1 aliphatic heterocycles. The molecule has 2 heterocycles. The molecule has 1 aromatic heterocycles. The molecular weight excluding hydrogens is 462 g/mol. The summed E-state index contributed by atoms with van der Waals surface area (Å²) in [4.78, 5) is 24.9. The molecule has 5 rings (SSSR count). The van der Waals surface area contributed by atoms with Crippen LogP contribution in [0.25, 0.3) is 0 Å². The zero-order valence-electron chi connectivity index (χ0n) is 20.5. The second kappa shape index (κ2) is 10.3. The van der Waals surface area contributed by atoms with Gasteiger partial charge in [0, 0.05) is 36.9 Å². The van der Waals surface area contributed by atoms with Gasteiger partial charge in [0.05, 0.1) is 6.61 Å². The van der Waals surface area contributed by atoms with E-state index in [1.54, 1.807) is 6.20 Å². The van der Waals surface area contributed by atoms with Gasteiger partial charge in [-0.2, -0.15) is 4.98 Å². The summed E-state index contributed by atoms with van der Waals surface area (Å²) in [6, 6.07) is 5.79. The molecule has 35 heavy (non-hydrogen) atoms. The van der Waals surface area contributed by atoms with Gasteiger partial charge in [0.15, 0.2) is 0 Å². The molecule has 0 atom stereocenters. The highest BCUT2D eigenvalue weighted by Gasteiger charge is 2.44.